The maximum atomic E-state index is 12.2. The summed E-state index contributed by atoms with van der Waals surface area (Å²) >= 11 is -1.02. The molecule has 5 nitrogen and oxygen atoms in total. The fraction of sp³-hybridized carbons (Fsp3) is 0.941. The van der Waals surface area contributed by atoms with Gasteiger partial charge in [-0.05, 0) is 67.2 Å². The summed E-state index contributed by atoms with van der Waals surface area (Å²) in [6.07, 6.45) is 2.00. The van der Waals surface area contributed by atoms with Gasteiger partial charge in [0.15, 0.2) is 0 Å². The molecule has 0 aromatic carbocycles. The van der Waals surface area contributed by atoms with Gasteiger partial charge in [-0.3, -0.25) is 0 Å². The zero-order valence-corrected chi connectivity index (χ0v) is 16.4. The molecule has 6 heteroatoms. The summed E-state index contributed by atoms with van der Waals surface area (Å²) in [6, 6.07) is 0.247. The van der Waals surface area contributed by atoms with Crippen molar-refractivity contribution >= 4 is 17.5 Å². The maximum absolute atomic E-state index is 12.2. The van der Waals surface area contributed by atoms with Gasteiger partial charge in [0.25, 0.3) is 0 Å². The van der Waals surface area contributed by atoms with Crippen LogP contribution in [0.2, 0.25) is 0 Å². The Bertz CT molecular complexity index is 442. The molecule has 0 aromatic rings. The van der Waals surface area contributed by atoms with Crippen LogP contribution in [0.25, 0.3) is 0 Å². The zero-order valence-electron chi connectivity index (χ0n) is 15.6. The van der Waals surface area contributed by atoms with Crippen LogP contribution in [0.15, 0.2) is 0 Å². The largest absolute Gasteiger partial charge is 0.598 e. The second-order valence-corrected chi connectivity index (χ2v) is 11.3. The molecular formula is C17H32N2O3S. The van der Waals surface area contributed by atoms with Crippen LogP contribution in [-0.2, 0) is 16.1 Å². The Hall–Kier alpha value is -0.460. The molecule has 1 unspecified atom stereocenters. The van der Waals surface area contributed by atoms with E-state index in [4.69, 9.17) is 4.74 Å². The van der Waals surface area contributed by atoms with E-state index < -0.39 is 17.0 Å². The van der Waals surface area contributed by atoms with Crippen molar-refractivity contribution in [3.63, 3.8) is 0 Å². The van der Waals surface area contributed by atoms with Gasteiger partial charge in [0, 0.05) is 29.9 Å². The minimum atomic E-state index is -1.02. The smallest absolute Gasteiger partial charge is 0.410 e. The molecule has 2 aliphatic rings. The molecular weight excluding hydrogens is 312 g/mol. The lowest BCUT2D eigenvalue weighted by atomic mass is 9.56. The first-order valence-electron chi connectivity index (χ1n) is 8.47. The van der Waals surface area contributed by atoms with Crippen LogP contribution in [-0.4, -0.2) is 45.0 Å². The molecule has 1 spiro atoms. The van der Waals surface area contributed by atoms with E-state index in [0.717, 1.165) is 25.9 Å². The third kappa shape index (κ3) is 4.54. The van der Waals surface area contributed by atoms with Crippen molar-refractivity contribution in [1.82, 2.24) is 9.62 Å². The lowest BCUT2D eigenvalue weighted by Gasteiger charge is -2.59. The average molecular weight is 345 g/mol. The van der Waals surface area contributed by atoms with Crippen LogP contribution in [0.4, 0.5) is 4.79 Å². The standard InChI is InChI=1S/C17H32N2O3S/c1-12(18-23(21)16(5,6)7)13-8-17(9-13)10-19(11-17)14(20)22-15(2,3)4/h12-13,18H,8-11H2,1-7H3/t12?,23-/m1/s1. The minimum Gasteiger partial charge on any atom is -0.598 e. The molecule has 0 bridgehead atoms. The van der Waals surface area contributed by atoms with Gasteiger partial charge in [-0.25, -0.2) is 4.79 Å². The third-order valence-corrected chi connectivity index (χ3v) is 6.35. The Morgan fingerprint density at radius 3 is 2.22 bits per heavy atom. The highest BCUT2D eigenvalue weighted by Gasteiger charge is 2.55. The number of hydrogen-bond acceptors (Lipinski definition) is 4. The molecule has 0 radical (unpaired) electrons. The molecule has 23 heavy (non-hydrogen) atoms. The SMILES string of the molecule is CC(N[S@+]([O-])C(C)(C)C)C1CC2(C1)CN(C(=O)OC(C)(C)C)C2. The van der Waals surface area contributed by atoms with Gasteiger partial charge >= 0.3 is 6.09 Å². The molecule has 1 saturated heterocycles. The van der Waals surface area contributed by atoms with Crippen LogP contribution in [0, 0.1) is 11.3 Å². The number of nitrogens with zero attached hydrogens (tertiary/aromatic N) is 1. The number of hydrogen-bond donors (Lipinski definition) is 1. The first-order chi connectivity index (χ1) is 10.3. The van der Waals surface area contributed by atoms with Crippen molar-refractivity contribution in [1.29, 1.82) is 0 Å². The number of carbonyl (C=O) groups is 1. The lowest BCUT2D eigenvalue weighted by Crippen LogP contribution is -2.66. The summed E-state index contributed by atoms with van der Waals surface area (Å²) < 4.78 is 20.6. The van der Waals surface area contributed by atoms with Crippen molar-refractivity contribution in [2.75, 3.05) is 13.1 Å². The predicted molar refractivity (Wildman–Crippen MR) is 93.5 cm³/mol. The first-order valence-corrected chi connectivity index (χ1v) is 9.62. The van der Waals surface area contributed by atoms with E-state index in [1.165, 1.54) is 0 Å². The number of ether oxygens (including phenoxy) is 1. The summed E-state index contributed by atoms with van der Waals surface area (Å²) in [5, 5.41) is 0. The van der Waals surface area contributed by atoms with Crippen molar-refractivity contribution in [3.8, 4) is 0 Å². The number of rotatable bonds is 3. The molecule has 1 N–H and O–H groups in total. The molecule has 2 atom stereocenters. The van der Waals surface area contributed by atoms with Gasteiger partial charge in [-0.15, -0.1) is 4.72 Å². The van der Waals surface area contributed by atoms with Crippen molar-refractivity contribution in [2.45, 2.75) is 77.7 Å². The Labute approximate surface area is 143 Å². The van der Waals surface area contributed by atoms with Crippen molar-refractivity contribution in [2.24, 2.45) is 11.3 Å². The van der Waals surface area contributed by atoms with Crippen LogP contribution >= 0.6 is 0 Å². The highest BCUT2D eigenvalue weighted by molar-refractivity contribution is 7.90. The molecule has 1 saturated carbocycles. The molecule has 2 fully saturated rings. The van der Waals surface area contributed by atoms with Crippen LogP contribution in [0.5, 0.6) is 0 Å². The number of nitrogens with one attached hydrogen (secondary N) is 1. The Kier molecular flexibility index (Phi) is 5.02. The second-order valence-electron chi connectivity index (χ2n) is 9.29. The summed E-state index contributed by atoms with van der Waals surface area (Å²) in [7, 11) is 0. The fourth-order valence-electron chi connectivity index (χ4n) is 3.33. The van der Waals surface area contributed by atoms with Gasteiger partial charge in [0.1, 0.15) is 10.3 Å². The molecule has 1 aliphatic heterocycles. The van der Waals surface area contributed by atoms with E-state index in [-0.39, 0.29) is 22.3 Å². The van der Waals surface area contributed by atoms with Gasteiger partial charge in [0.05, 0.1) is 6.04 Å². The number of amides is 1. The maximum Gasteiger partial charge on any atom is 0.410 e. The normalized spacial score (nSPS) is 23.9. The number of carbonyl (C=O) groups excluding carboxylic acids is 1. The van der Waals surface area contributed by atoms with Crippen molar-refractivity contribution in [3.05, 3.63) is 0 Å². The van der Waals surface area contributed by atoms with E-state index in [1.807, 2.05) is 41.5 Å². The van der Waals surface area contributed by atoms with Gasteiger partial charge < -0.3 is 14.2 Å². The minimum absolute atomic E-state index is 0.202. The molecule has 134 valence electrons. The summed E-state index contributed by atoms with van der Waals surface area (Å²) in [5.41, 5.74) is -0.155. The number of likely N-dealkylation sites (tertiary alicyclic amines) is 1. The van der Waals surface area contributed by atoms with Crippen LogP contribution in [0.1, 0.15) is 61.3 Å². The van der Waals surface area contributed by atoms with E-state index in [0.29, 0.717) is 5.92 Å². The topological polar surface area (TPSA) is 64.6 Å². The van der Waals surface area contributed by atoms with E-state index in [1.54, 1.807) is 4.90 Å². The summed E-state index contributed by atoms with van der Waals surface area (Å²) in [6.45, 7) is 15.3. The monoisotopic (exact) mass is 344 g/mol. The molecule has 2 rings (SSSR count). The average Bonchev–Trinajstić information content (AvgIpc) is 2.20. The van der Waals surface area contributed by atoms with E-state index in [2.05, 4.69) is 11.6 Å². The Balaban J connectivity index is 1.73. The Morgan fingerprint density at radius 1 is 1.26 bits per heavy atom. The quantitative estimate of drug-likeness (QED) is 0.799. The molecule has 1 heterocycles. The first kappa shape index (κ1) is 18.9. The van der Waals surface area contributed by atoms with Gasteiger partial charge in [-0.2, -0.15) is 0 Å². The highest BCUT2D eigenvalue weighted by atomic mass is 32.2. The highest BCUT2D eigenvalue weighted by Crippen LogP contribution is 2.53. The predicted octanol–water partition coefficient (Wildman–Crippen LogP) is 3.07. The van der Waals surface area contributed by atoms with E-state index >= 15 is 0 Å². The molecule has 1 aliphatic carbocycles. The van der Waals surface area contributed by atoms with Gasteiger partial charge in [0.2, 0.25) is 0 Å². The fourth-order valence-corrected chi connectivity index (χ4v) is 4.21. The van der Waals surface area contributed by atoms with Crippen LogP contribution < -0.4 is 4.72 Å². The third-order valence-electron chi connectivity index (χ3n) is 4.65. The van der Waals surface area contributed by atoms with Crippen molar-refractivity contribution < 1.29 is 14.1 Å². The molecule has 0 aromatic heterocycles. The summed E-state index contributed by atoms with van der Waals surface area (Å²) in [5.74, 6) is 0.544. The van der Waals surface area contributed by atoms with Crippen LogP contribution in [0.3, 0.4) is 0 Å². The summed E-state index contributed by atoms with van der Waals surface area (Å²) in [4.78, 5) is 13.8. The zero-order chi connectivity index (χ0) is 17.6. The lowest BCUT2D eigenvalue weighted by molar-refractivity contribution is -0.0997. The molecule has 1 amide bonds. The Morgan fingerprint density at radius 2 is 1.78 bits per heavy atom. The van der Waals surface area contributed by atoms with E-state index in [9.17, 15) is 9.35 Å². The van der Waals surface area contributed by atoms with Gasteiger partial charge in [-0.1, -0.05) is 0 Å². The second kappa shape index (κ2) is 6.12.